The fourth-order valence-corrected chi connectivity index (χ4v) is 4.23. The van der Waals surface area contributed by atoms with Crippen LogP contribution >= 0.6 is 11.6 Å². The number of hydrogen-bond acceptors (Lipinski definition) is 4. The van der Waals surface area contributed by atoms with Gasteiger partial charge in [0.05, 0.1) is 24.7 Å². The molecule has 32 heavy (non-hydrogen) atoms. The monoisotopic (exact) mass is 454 g/mol. The maximum Gasteiger partial charge on any atom is 0.337 e. The van der Waals surface area contributed by atoms with Gasteiger partial charge in [-0.25, -0.2) is 18.7 Å². The van der Waals surface area contributed by atoms with Crippen molar-refractivity contribution in [2.45, 2.75) is 32.0 Å². The molecule has 0 bridgehead atoms. The summed E-state index contributed by atoms with van der Waals surface area (Å²) in [4.78, 5) is 31.3. The first-order valence-corrected chi connectivity index (χ1v) is 10.7. The first-order chi connectivity index (χ1) is 15.5. The van der Waals surface area contributed by atoms with E-state index in [1.807, 2.05) is 0 Å². The van der Waals surface area contributed by atoms with Crippen LogP contribution < -0.4 is 11.2 Å². The highest BCUT2D eigenvalue weighted by molar-refractivity contribution is 6.30. The number of rotatable bonds is 5. The van der Waals surface area contributed by atoms with E-state index in [4.69, 9.17) is 16.3 Å². The summed E-state index contributed by atoms with van der Waals surface area (Å²) in [5.74, 6) is -0.360. The lowest BCUT2D eigenvalue weighted by Gasteiger charge is -2.15. The molecule has 0 spiro atoms. The highest BCUT2D eigenvalue weighted by Crippen LogP contribution is 2.18. The van der Waals surface area contributed by atoms with Crippen molar-refractivity contribution < 1.29 is 9.13 Å². The van der Waals surface area contributed by atoms with Crippen LogP contribution in [0.5, 0.6) is 0 Å². The molecule has 1 atom stereocenters. The van der Waals surface area contributed by atoms with E-state index >= 15 is 0 Å². The third-order valence-corrected chi connectivity index (χ3v) is 5.89. The van der Waals surface area contributed by atoms with E-state index in [-0.39, 0.29) is 36.2 Å². The fraction of sp³-hybridized carbons (Fsp3) is 0.261. The van der Waals surface area contributed by atoms with Gasteiger partial charge in [0.25, 0.3) is 5.56 Å². The molecule has 3 heterocycles. The summed E-state index contributed by atoms with van der Waals surface area (Å²) in [5, 5.41) is 0.530. The number of ether oxygens (including phenoxy) is 1. The molecule has 1 aliphatic rings. The third kappa shape index (κ3) is 3.76. The molecule has 9 heteroatoms. The summed E-state index contributed by atoms with van der Waals surface area (Å²) in [5.41, 5.74) is 0.792. The van der Waals surface area contributed by atoms with Crippen LogP contribution in [0.25, 0.3) is 16.9 Å². The van der Waals surface area contributed by atoms with E-state index in [9.17, 15) is 14.0 Å². The summed E-state index contributed by atoms with van der Waals surface area (Å²) in [6.07, 6.45) is 2.98. The zero-order valence-electron chi connectivity index (χ0n) is 17.1. The molecule has 0 N–H and O–H groups in total. The van der Waals surface area contributed by atoms with Gasteiger partial charge in [-0.05, 0) is 54.8 Å². The Kier molecular flexibility index (Phi) is 5.40. The lowest BCUT2D eigenvalue weighted by atomic mass is 10.2. The molecule has 7 nitrogen and oxygen atoms in total. The minimum atomic E-state index is -0.490. The second-order valence-electron chi connectivity index (χ2n) is 7.82. The zero-order valence-corrected chi connectivity index (χ0v) is 17.8. The van der Waals surface area contributed by atoms with Gasteiger partial charge in [0, 0.05) is 18.2 Å². The Hall–Kier alpha value is -3.23. The fourth-order valence-electron chi connectivity index (χ4n) is 4.11. The molecule has 1 aliphatic heterocycles. The average molecular weight is 455 g/mol. The summed E-state index contributed by atoms with van der Waals surface area (Å²) < 4.78 is 23.6. The Morgan fingerprint density at radius 2 is 1.97 bits per heavy atom. The van der Waals surface area contributed by atoms with Crippen molar-refractivity contribution >= 4 is 22.8 Å². The normalized spacial score (nSPS) is 16.1. The first-order valence-electron chi connectivity index (χ1n) is 10.3. The minimum Gasteiger partial charge on any atom is -0.376 e. The summed E-state index contributed by atoms with van der Waals surface area (Å²) >= 11 is 6.02. The van der Waals surface area contributed by atoms with Gasteiger partial charge in [0.15, 0.2) is 11.2 Å². The van der Waals surface area contributed by atoms with E-state index in [1.165, 1.54) is 27.6 Å². The predicted octanol–water partition coefficient (Wildman–Crippen LogP) is 3.37. The Bertz CT molecular complexity index is 1400. The van der Waals surface area contributed by atoms with Crippen LogP contribution in [0.4, 0.5) is 4.39 Å². The van der Waals surface area contributed by atoms with Gasteiger partial charge in [-0.3, -0.25) is 9.36 Å². The second-order valence-corrected chi connectivity index (χ2v) is 8.26. The van der Waals surface area contributed by atoms with Crippen LogP contribution in [0.3, 0.4) is 0 Å². The molecule has 2 aromatic carbocycles. The highest BCUT2D eigenvalue weighted by Gasteiger charge is 2.23. The molecule has 1 fully saturated rings. The number of fused-ring (bicyclic) bond motifs is 1. The maximum absolute atomic E-state index is 13.7. The summed E-state index contributed by atoms with van der Waals surface area (Å²) in [6.45, 7) is 1.01. The number of imidazole rings is 1. The van der Waals surface area contributed by atoms with Gasteiger partial charge in [-0.15, -0.1) is 0 Å². The standard InChI is InChI=1S/C23H20ClFN4O3/c24-16-6-8-18(9-7-16)29-21-20(22(30)28(23(29)31)13-19-5-2-10-32-19)27(14-26-21)12-15-3-1-4-17(25)11-15/h1,3-4,6-9,11,14,19H,2,5,10,12-13H2/t19-/m0/s1. The lowest BCUT2D eigenvalue weighted by Crippen LogP contribution is -2.42. The van der Waals surface area contributed by atoms with E-state index in [0.29, 0.717) is 22.9 Å². The molecule has 0 amide bonds. The maximum atomic E-state index is 13.7. The van der Waals surface area contributed by atoms with Crippen LogP contribution in [0.15, 0.2) is 64.4 Å². The molecule has 1 saturated heterocycles. The van der Waals surface area contributed by atoms with E-state index in [2.05, 4.69) is 4.98 Å². The first kappa shape index (κ1) is 20.7. The van der Waals surface area contributed by atoms with E-state index in [1.54, 1.807) is 41.0 Å². The van der Waals surface area contributed by atoms with Crippen LogP contribution in [0, 0.1) is 5.82 Å². The van der Waals surface area contributed by atoms with Crippen molar-refractivity contribution in [3.63, 3.8) is 0 Å². The molecule has 5 rings (SSSR count). The van der Waals surface area contributed by atoms with Crippen molar-refractivity contribution in [2.75, 3.05) is 6.61 Å². The Labute approximate surface area is 187 Å². The number of benzene rings is 2. The largest absolute Gasteiger partial charge is 0.376 e. The van der Waals surface area contributed by atoms with E-state index in [0.717, 1.165) is 12.8 Å². The van der Waals surface area contributed by atoms with Crippen LogP contribution in [-0.4, -0.2) is 31.4 Å². The molecule has 0 radical (unpaired) electrons. The van der Waals surface area contributed by atoms with Gasteiger partial charge >= 0.3 is 5.69 Å². The number of nitrogens with zero attached hydrogens (tertiary/aromatic N) is 4. The van der Waals surface area contributed by atoms with Gasteiger partial charge in [-0.1, -0.05) is 23.7 Å². The summed E-state index contributed by atoms with van der Waals surface area (Å²) in [7, 11) is 0. The number of hydrogen-bond donors (Lipinski definition) is 0. The average Bonchev–Trinajstić information content (AvgIpc) is 3.43. The van der Waals surface area contributed by atoms with Gasteiger partial charge < -0.3 is 9.30 Å². The van der Waals surface area contributed by atoms with Crippen molar-refractivity contribution in [1.29, 1.82) is 0 Å². The van der Waals surface area contributed by atoms with Crippen LogP contribution in [0.1, 0.15) is 18.4 Å². The summed E-state index contributed by atoms with van der Waals surface area (Å²) in [6, 6.07) is 12.9. The Balaban J connectivity index is 1.72. The molecule has 2 aromatic heterocycles. The second kappa shape index (κ2) is 8.37. The minimum absolute atomic E-state index is 0.159. The highest BCUT2D eigenvalue weighted by atomic mass is 35.5. The van der Waals surface area contributed by atoms with Crippen molar-refractivity contribution in [2.24, 2.45) is 0 Å². The SMILES string of the molecule is O=c1c2c(ncn2Cc2cccc(F)c2)n(-c2ccc(Cl)cc2)c(=O)n1C[C@@H]1CCCO1. The molecule has 164 valence electrons. The van der Waals surface area contributed by atoms with Crippen molar-refractivity contribution in [3.05, 3.63) is 92.1 Å². The van der Waals surface area contributed by atoms with Crippen LogP contribution in [0.2, 0.25) is 5.02 Å². The Morgan fingerprint density at radius 3 is 2.69 bits per heavy atom. The predicted molar refractivity (Wildman–Crippen MR) is 119 cm³/mol. The Morgan fingerprint density at radius 1 is 1.16 bits per heavy atom. The number of aromatic nitrogens is 4. The van der Waals surface area contributed by atoms with Crippen molar-refractivity contribution in [1.82, 2.24) is 18.7 Å². The topological polar surface area (TPSA) is 71.0 Å². The van der Waals surface area contributed by atoms with E-state index < -0.39 is 11.2 Å². The smallest absolute Gasteiger partial charge is 0.337 e. The third-order valence-electron chi connectivity index (χ3n) is 5.64. The molecular weight excluding hydrogens is 435 g/mol. The molecular formula is C23H20ClFN4O3. The van der Waals surface area contributed by atoms with Crippen LogP contribution in [-0.2, 0) is 17.8 Å². The molecule has 0 aliphatic carbocycles. The lowest BCUT2D eigenvalue weighted by molar-refractivity contribution is 0.0950. The molecule has 4 aromatic rings. The van der Waals surface area contributed by atoms with Crippen molar-refractivity contribution in [3.8, 4) is 5.69 Å². The van der Waals surface area contributed by atoms with Gasteiger partial charge in [-0.2, -0.15) is 0 Å². The number of halogens is 2. The zero-order chi connectivity index (χ0) is 22.2. The van der Waals surface area contributed by atoms with Gasteiger partial charge in [0.1, 0.15) is 5.82 Å². The molecule has 0 unspecified atom stereocenters. The van der Waals surface area contributed by atoms with Gasteiger partial charge in [0.2, 0.25) is 0 Å². The quantitative estimate of drug-likeness (QED) is 0.463. The molecule has 0 saturated carbocycles.